The minimum Gasteiger partial charge on any atom is -0.466 e. The first-order chi connectivity index (χ1) is 20.3. The quantitative estimate of drug-likeness (QED) is 0.0426. The highest BCUT2D eigenvalue weighted by atomic mass is 16.5. The molecule has 2 nitrogen and oxygen atoms in total. The smallest absolute Gasteiger partial charge is 0.305 e. The molecule has 0 bridgehead atoms. The van der Waals surface area contributed by atoms with Crippen LogP contribution in [0.5, 0.6) is 0 Å². The third kappa shape index (κ3) is 37.2. The highest BCUT2D eigenvalue weighted by molar-refractivity contribution is 5.69. The van der Waals surface area contributed by atoms with E-state index in [4.69, 9.17) is 4.74 Å². The molecule has 0 unspecified atom stereocenters. The van der Waals surface area contributed by atoms with Crippen LogP contribution in [0.3, 0.4) is 0 Å². The maximum atomic E-state index is 11.9. The second-order valence-electron chi connectivity index (χ2n) is 12.9. The standard InChI is InChI=1S/C39H76O2/c1-3-5-7-9-11-13-15-17-18-19-20-21-22-23-24-25-27-29-31-33-35-37-39(40)41-38-36-34-32-30-28-26-16-14-12-10-8-6-4-2/h17-18H,3-16,19-38H2,1-2H3. The average molecular weight is 577 g/mol. The maximum absolute atomic E-state index is 11.9. The summed E-state index contributed by atoms with van der Waals surface area (Å²) < 4.78 is 5.44. The van der Waals surface area contributed by atoms with E-state index >= 15 is 0 Å². The third-order valence-corrected chi connectivity index (χ3v) is 8.65. The van der Waals surface area contributed by atoms with Gasteiger partial charge in [0.05, 0.1) is 6.61 Å². The molecule has 2 heteroatoms. The number of hydrogen-bond donors (Lipinski definition) is 0. The van der Waals surface area contributed by atoms with Crippen molar-refractivity contribution in [3.8, 4) is 0 Å². The first-order valence-electron chi connectivity index (χ1n) is 19.1. The van der Waals surface area contributed by atoms with Crippen LogP contribution in [-0.4, -0.2) is 12.6 Å². The molecule has 0 radical (unpaired) electrons. The minimum atomic E-state index is 0.0252. The summed E-state index contributed by atoms with van der Waals surface area (Å²) in [7, 11) is 0. The van der Waals surface area contributed by atoms with Crippen LogP contribution in [0.2, 0.25) is 0 Å². The summed E-state index contributed by atoms with van der Waals surface area (Å²) in [5, 5.41) is 0. The summed E-state index contributed by atoms with van der Waals surface area (Å²) in [6.07, 6.45) is 48.6. The Bertz CT molecular complexity index is 512. The van der Waals surface area contributed by atoms with Gasteiger partial charge < -0.3 is 4.74 Å². The summed E-state index contributed by atoms with van der Waals surface area (Å²) in [6.45, 7) is 5.20. The Balaban J connectivity index is 3.17. The molecule has 0 saturated carbocycles. The lowest BCUT2D eigenvalue weighted by Crippen LogP contribution is -2.05. The van der Waals surface area contributed by atoms with Crippen molar-refractivity contribution in [1.82, 2.24) is 0 Å². The molecule has 0 saturated heterocycles. The van der Waals surface area contributed by atoms with Crippen LogP contribution in [0.15, 0.2) is 12.2 Å². The molecule has 0 rings (SSSR count). The lowest BCUT2D eigenvalue weighted by molar-refractivity contribution is -0.143. The van der Waals surface area contributed by atoms with Crippen molar-refractivity contribution in [1.29, 1.82) is 0 Å². The summed E-state index contributed by atoms with van der Waals surface area (Å²) in [6, 6.07) is 0. The van der Waals surface area contributed by atoms with E-state index in [0.29, 0.717) is 13.0 Å². The zero-order valence-electron chi connectivity index (χ0n) is 28.5. The van der Waals surface area contributed by atoms with Gasteiger partial charge in [0.2, 0.25) is 0 Å². The summed E-state index contributed by atoms with van der Waals surface area (Å²) in [4.78, 5) is 11.9. The summed E-state index contributed by atoms with van der Waals surface area (Å²) >= 11 is 0. The van der Waals surface area contributed by atoms with E-state index in [0.717, 1.165) is 12.8 Å². The van der Waals surface area contributed by atoms with Gasteiger partial charge in [-0.05, 0) is 38.5 Å². The molecule has 0 fully saturated rings. The number of hydrogen-bond acceptors (Lipinski definition) is 2. The van der Waals surface area contributed by atoms with E-state index in [1.165, 1.54) is 193 Å². The van der Waals surface area contributed by atoms with Gasteiger partial charge in [0.1, 0.15) is 0 Å². The average Bonchev–Trinajstić information content (AvgIpc) is 2.98. The van der Waals surface area contributed by atoms with E-state index in [1.54, 1.807) is 0 Å². The van der Waals surface area contributed by atoms with Gasteiger partial charge in [-0.3, -0.25) is 4.79 Å². The van der Waals surface area contributed by atoms with Crippen molar-refractivity contribution in [3.63, 3.8) is 0 Å². The van der Waals surface area contributed by atoms with Crippen LogP contribution in [0.1, 0.15) is 226 Å². The molecule has 0 atom stereocenters. The van der Waals surface area contributed by atoms with Crippen molar-refractivity contribution in [2.45, 2.75) is 226 Å². The van der Waals surface area contributed by atoms with Gasteiger partial charge in [-0.1, -0.05) is 193 Å². The molecule has 0 N–H and O–H groups in total. The van der Waals surface area contributed by atoms with Crippen LogP contribution in [0, 0.1) is 0 Å². The van der Waals surface area contributed by atoms with Crippen LogP contribution in [0.4, 0.5) is 0 Å². The summed E-state index contributed by atoms with van der Waals surface area (Å²) in [5.41, 5.74) is 0. The van der Waals surface area contributed by atoms with Crippen LogP contribution >= 0.6 is 0 Å². The van der Waals surface area contributed by atoms with E-state index < -0.39 is 0 Å². The van der Waals surface area contributed by atoms with Gasteiger partial charge in [0.25, 0.3) is 0 Å². The van der Waals surface area contributed by atoms with Crippen LogP contribution in [-0.2, 0) is 9.53 Å². The van der Waals surface area contributed by atoms with E-state index in [9.17, 15) is 4.79 Å². The number of ether oxygens (including phenoxy) is 1. The number of rotatable bonds is 35. The molecule has 0 aliphatic heterocycles. The lowest BCUT2D eigenvalue weighted by atomic mass is 10.0. The predicted octanol–water partition coefficient (Wildman–Crippen LogP) is 14.0. The van der Waals surface area contributed by atoms with Gasteiger partial charge in [-0.25, -0.2) is 0 Å². The molecule has 0 aliphatic rings. The Morgan fingerprint density at radius 3 is 1.05 bits per heavy atom. The second-order valence-corrected chi connectivity index (χ2v) is 12.9. The molecule has 0 heterocycles. The maximum Gasteiger partial charge on any atom is 0.305 e. The molecule has 244 valence electrons. The van der Waals surface area contributed by atoms with E-state index in [1.807, 2.05) is 0 Å². The number of carbonyl (C=O) groups is 1. The molecule has 0 aliphatic carbocycles. The Morgan fingerprint density at radius 1 is 0.390 bits per heavy atom. The summed E-state index contributed by atoms with van der Waals surface area (Å²) in [5.74, 6) is 0.0252. The molecule has 0 amide bonds. The topological polar surface area (TPSA) is 26.3 Å². The van der Waals surface area contributed by atoms with Crippen molar-refractivity contribution in [2.24, 2.45) is 0 Å². The fourth-order valence-electron chi connectivity index (χ4n) is 5.78. The fourth-order valence-corrected chi connectivity index (χ4v) is 5.78. The Labute approximate surface area is 259 Å². The molecular weight excluding hydrogens is 500 g/mol. The van der Waals surface area contributed by atoms with E-state index in [2.05, 4.69) is 26.0 Å². The Kier molecular flexibility index (Phi) is 36.5. The largest absolute Gasteiger partial charge is 0.466 e. The third-order valence-electron chi connectivity index (χ3n) is 8.65. The predicted molar refractivity (Wildman–Crippen MR) is 184 cm³/mol. The fraction of sp³-hybridized carbons (Fsp3) is 0.923. The first kappa shape index (κ1) is 40.2. The number of esters is 1. The highest BCUT2D eigenvalue weighted by Crippen LogP contribution is 2.15. The van der Waals surface area contributed by atoms with Gasteiger partial charge in [-0.2, -0.15) is 0 Å². The van der Waals surface area contributed by atoms with E-state index in [-0.39, 0.29) is 5.97 Å². The van der Waals surface area contributed by atoms with Gasteiger partial charge in [-0.15, -0.1) is 0 Å². The van der Waals surface area contributed by atoms with Crippen LogP contribution in [0.25, 0.3) is 0 Å². The zero-order valence-corrected chi connectivity index (χ0v) is 28.5. The normalized spacial score (nSPS) is 11.6. The number of unbranched alkanes of at least 4 members (excludes halogenated alkanes) is 29. The molecular formula is C39H76O2. The second kappa shape index (κ2) is 37.2. The van der Waals surface area contributed by atoms with Crippen LogP contribution < -0.4 is 0 Å². The van der Waals surface area contributed by atoms with Crippen molar-refractivity contribution in [2.75, 3.05) is 6.61 Å². The Hall–Kier alpha value is -0.790. The Morgan fingerprint density at radius 2 is 0.683 bits per heavy atom. The molecule has 41 heavy (non-hydrogen) atoms. The van der Waals surface area contributed by atoms with Crippen molar-refractivity contribution >= 4 is 5.97 Å². The SMILES string of the molecule is CCCCCCCCC=CCCCCCCCCCCCCCC(=O)OCCCCCCCCCCCCCCC. The lowest BCUT2D eigenvalue weighted by Gasteiger charge is -2.06. The molecule has 0 aromatic rings. The first-order valence-corrected chi connectivity index (χ1v) is 19.1. The van der Waals surface area contributed by atoms with Crippen molar-refractivity contribution in [3.05, 3.63) is 12.2 Å². The molecule has 0 aromatic carbocycles. The minimum absolute atomic E-state index is 0.0252. The number of carbonyl (C=O) groups excluding carboxylic acids is 1. The van der Waals surface area contributed by atoms with Gasteiger partial charge in [0, 0.05) is 6.42 Å². The van der Waals surface area contributed by atoms with Crippen molar-refractivity contribution < 1.29 is 9.53 Å². The van der Waals surface area contributed by atoms with Gasteiger partial charge in [0.15, 0.2) is 0 Å². The highest BCUT2D eigenvalue weighted by Gasteiger charge is 2.03. The molecule has 0 spiro atoms. The number of allylic oxidation sites excluding steroid dienone is 2. The molecule has 0 aromatic heterocycles. The van der Waals surface area contributed by atoms with Gasteiger partial charge >= 0.3 is 5.97 Å². The monoisotopic (exact) mass is 577 g/mol. The zero-order chi connectivity index (χ0) is 29.7.